The van der Waals surface area contributed by atoms with Crippen LogP contribution in [0.5, 0.6) is 0 Å². The number of fused-ring (bicyclic) bond motifs is 1. The summed E-state index contributed by atoms with van der Waals surface area (Å²) in [6, 6.07) is 18.9. The van der Waals surface area contributed by atoms with E-state index >= 15 is 0 Å². The van der Waals surface area contributed by atoms with Gasteiger partial charge in [-0.15, -0.1) is 0 Å². The van der Waals surface area contributed by atoms with E-state index in [1.807, 2.05) is 19.2 Å². The van der Waals surface area contributed by atoms with E-state index in [1.165, 1.54) is 11.1 Å². The van der Waals surface area contributed by atoms with Gasteiger partial charge < -0.3 is 5.32 Å². The molecule has 0 amide bonds. The first-order valence-corrected chi connectivity index (χ1v) is 8.77. The molecule has 0 atom stereocenters. The maximum absolute atomic E-state index is 4.79. The van der Waals surface area contributed by atoms with Crippen molar-refractivity contribution in [2.75, 3.05) is 12.4 Å². The molecule has 0 aliphatic carbocycles. The molecule has 2 aromatic heterocycles. The fourth-order valence-electron chi connectivity index (χ4n) is 3.09. The lowest BCUT2D eigenvalue weighted by Crippen LogP contribution is -1.99. The van der Waals surface area contributed by atoms with Crippen molar-refractivity contribution in [3.8, 4) is 22.5 Å². The van der Waals surface area contributed by atoms with Crippen molar-refractivity contribution >= 4 is 16.7 Å². The van der Waals surface area contributed by atoms with Crippen LogP contribution in [0.25, 0.3) is 33.4 Å². The van der Waals surface area contributed by atoms with Crippen LogP contribution < -0.4 is 5.32 Å². The van der Waals surface area contributed by atoms with Crippen LogP contribution in [0.3, 0.4) is 0 Å². The molecule has 0 saturated carbocycles. The number of nitrogens with one attached hydrogen (secondary N) is 1. The molecular weight excluding hydrogens is 320 g/mol. The van der Waals surface area contributed by atoms with Crippen LogP contribution in [0.1, 0.15) is 12.5 Å². The molecule has 0 bridgehead atoms. The highest BCUT2D eigenvalue weighted by molar-refractivity contribution is 5.93. The van der Waals surface area contributed by atoms with Gasteiger partial charge in [-0.2, -0.15) is 0 Å². The Morgan fingerprint density at radius 3 is 2.50 bits per heavy atom. The van der Waals surface area contributed by atoms with Crippen LogP contribution in [0.4, 0.5) is 5.82 Å². The number of rotatable bonds is 4. The van der Waals surface area contributed by atoms with Gasteiger partial charge in [-0.3, -0.25) is 4.98 Å². The summed E-state index contributed by atoms with van der Waals surface area (Å²) in [7, 11) is 1.88. The van der Waals surface area contributed by atoms with E-state index in [2.05, 4.69) is 64.7 Å². The molecule has 2 aromatic carbocycles. The largest absolute Gasteiger partial charge is 0.373 e. The lowest BCUT2D eigenvalue weighted by atomic mass is 10.0. The monoisotopic (exact) mass is 340 g/mol. The van der Waals surface area contributed by atoms with Gasteiger partial charge in [-0.25, -0.2) is 9.97 Å². The van der Waals surface area contributed by atoms with E-state index in [9.17, 15) is 0 Å². The van der Waals surface area contributed by atoms with E-state index in [-0.39, 0.29) is 0 Å². The molecular formula is C22H20N4. The molecule has 128 valence electrons. The zero-order chi connectivity index (χ0) is 17.9. The van der Waals surface area contributed by atoms with Crippen LogP contribution in [-0.4, -0.2) is 22.0 Å². The average Bonchev–Trinajstić information content (AvgIpc) is 2.73. The average molecular weight is 340 g/mol. The number of aromatic nitrogens is 3. The molecule has 4 nitrogen and oxygen atoms in total. The Hall–Kier alpha value is -3.27. The van der Waals surface area contributed by atoms with Crippen molar-refractivity contribution in [3.05, 3.63) is 72.6 Å². The van der Waals surface area contributed by atoms with Gasteiger partial charge in [0.1, 0.15) is 5.82 Å². The normalized spacial score (nSPS) is 10.8. The van der Waals surface area contributed by atoms with E-state index < -0.39 is 0 Å². The van der Waals surface area contributed by atoms with Crippen LogP contribution in [0.2, 0.25) is 0 Å². The molecule has 0 spiro atoms. The standard InChI is InChI=1S/C22H20N4/c1-3-15-6-4-7-16(12-15)17-9-10-19-20(13-17)25-21(26-22(19)23-2)18-8-5-11-24-14-18/h4-14H,3H2,1-2H3,(H,23,25,26). The number of hydrogen-bond acceptors (Lipinski definition) is 4. The molecule has 4 aromatic rings. The second-order valence-electron chi connectivity index (χ2n) is 6.17. The van der Waals surface area contributed by atoms with Crippen molar-refractivity contribution in [3.63, 3.8) is 0 Å². The highest BCUT2D eigenvalue weighted by Crippen LogP contribution is 2.29. The summed E-state index contributed by atoms with van der Waals surface area (Å²) in [5.74, 6) is 1.50. The molecule has 4 rings (SSSR count). The Kier molecular flexibility index (Phi) is 4.32. The number of anilines is 1. The molecule has 0 aliphatic rings. The van der Waals surface area contributed by atoms with Gasteiger partial charge in [0, 0.05) is 30.4 Å². The topological polar surface area (TPSA) is 50.7 Å². The zero-order valence-electron chi connectivity index (χ0n) is 14.9. The lowest BCUT2D eigenvalue weighted by molar-refractivity contribution is 1.14. The van der Waals surface area contributed by atoms with Gasteiger partial charge in [0.15, 0.2) is 5.82 Å². The summed E-state index contributed by atoms with van der Waals surface area (Å²) in [6.07, 6.45) is 4.57. The van der Waals surface area contributed by atoms with Gasteiger partial charge in [0.25, 0.3) is 0 Å². The van der Waals surface area contributed by atoms with E-state index in [1.54, 1.807) is 12.4 Å². The smallest absolute Gasteiger partial charge is 0.163 e. The fraction of sp³-hybridized carbons (Fsp3) is 0.136. The van der Waals surface area contributed by atoms with Crippen LogP contribution in [-0.2, 0) is 6.42 Å². The third kappa shape index (κ3) is 3.02. The number of hydrogen-bond donors (Lipinski definition) is 1. The Bertz CT molecular complexity index is 1060. The van der Waals surface area contributed by atoms with Crippen LogP contribution >= 0.6 is 0 Å². The SMILES string of the molecule is CCc1cccc(-c2ccc3c(NC)nc(-c4cccnc4)nc3c2)c1. The number of nitrogens with zero attached hydrogens (tertiary/aromatic N) is 3. The third-order valence-corrected chi connectivity index (χ3v) is 4.52. The summed E-state index contributed by atoms with van der Waals surface area (Å²) in [5, 5.41) is 4.20. The summed E-state index contributed by atoms with van der Waals surface area (Å²) in [4.78, 5) is 13.6. The molecule has 0 fully saturated rings. The summed E-state index contributed by atoms with van der Waals surface area (Å²) >= 11 is 0. The van der Waals surface area contributed by atoms with Gasteiger partial charge in [-0.1, -0.05) is 37.3 Å². The highest BCUT2D eigenvalue weighted by atomic mass is 15.0. The predicted octanol–water partition coefficient (Wildman–Crippen LogP) is 4.96. The van der Waals surface area contributed by atoms with Crippen LogP contribution in [0.15, 0.2) is 67.0 Å². The van der Waals surface area contributed by atoms with Gasteiger partial charge >= 0.3 is 0 Å². The Labute approximate surface area is 153 Å². The Balaban J connectivity index is 1.88. The molecule has 0 aliphatic heterocycles. The van der Waals surface area contributed by atoms with E-state index in [4.69, 9.17) is 4.98 Å². The molecule has 26 heavy (non-hydrogen) atoms. The third-order valence-electron chi connectivity index (χ3n) is 4.52. The first kappa shape index (κ1) is 16.2. The predicted molar refractivity (Wildman–Crippen MR) is 107 cm³/mol. The molecule has 1 N–H and O–H groups in total. The minimum atomic E-state index is 0.675. The van der Waals surface area contributed by atoms with E-state index in [0.717, 1.165) is 34.3 Å². The van der Waals surface area contributed by atoms with Crippen molar-refractivity contribution < 1.29 is 0 Å². The Morgan fingerprint density at radius 1 is 0.885 bits per heavy atom. The summed E-state index contributed by atoms with van der Waals surface area (Å²) < 4.78 is 0. The fourth-order valence-corrected chi connectivity index (χ4v) is 3.09. The first-order chi connectivity index (χ1) is 12.8. The minimum Gasteiger partial charge on any atom is -0.373 e. The van der Waals surface area contributed by atoms with Gasteiger partial charge in [0.2, 0.25) is 0 Å². The first-order valence-electron chi connectivity index (χ1n) is 8.77. The van der Waals surface area contributed by atoms with E-state index in [0.29, 0.717) is 5.82 Å². The number of pyridine rings is 1. The van der Waals surface area contributed by atoms with Crippen molar-refractivity contribution in [1.29, 1.82) is 0 Å². The van der Waals surface area contributed by atoms with Crippen molar-refractivity contribution in [2.45, 2.75) is 13.3 Å². The van der Waals surface area contributed by atoms with Gasteiger partial charge in [0.05, 0.1) is 5.52 Å². The van der Waals surface area contributed by atoms with Gasteiger partial charge in [-0.05, 0) is 47.4 Å². The lowest BCUT2D eigenvalue weighted by Gasteiger charge is -2.10. The second-order valence-corrected chi connectivity index (χ2v) is 6.17. The molecule has 0 saturated heterocycles. The maximum atomic E-state index is 4.79. The molecule has 2 heterocycles. The highest BCUT2D eigenvalue weighted by Gasteiger charge is 2.10. The quantitative estimate of drug-likeness (QED) is 0.570. The molecule has 0 radical (unpaired) electrons. The Morgan fingerprint density at radius 2 is 1.73 bits per heavy atom. The molecule has 4 heteroatoms. The number of aryl methyl sites for hydroxylation is 1. The van der Waals surface area contributed by atoms with Crippen molar-refractivity contribution in [2.24, 2.45) is 0 Å². The van der Waals surface area contributed by atoms with Crippen molar-refractivity contribution in [1.82, 2.24) is 15.0 Å². The maximum Gasteiger partial charge on any atom is 0.163 e. The van der Waals surface area contributed by atoms with Crippen LogP contribution in [0, 0.1) is 0 Å². The zero-order valence-corrected chi connectivity index (χ0v) is 14.9. The second kappa shape index (κ2) is 6.92. The summed E-state index contributed by atoms with van der Waals surface area (Å²) in [5.41, 5.74) is 5.52. The molecule has 0 unspecified atom stereocenters. The number of benzene rings is 2. The summed E-state index contributed by atoms with van der Waals surface area (Å²) in [6.45, 7) is 2.17. The minimum absolute atomic E-state index is 0.675.